The van der Waals surface area contributed by atoms with Gasteiger partial charge < -0.3 is 9.84 Å². The fourth-order valence-electron chi connectivity index (χ4n) is 4.37. The van der Waals surface area contributed by atoms with Crippen molar-refractivity contribution < 1.29 is 14.4 Å². The molecule has 1 aliphatic heterocycles. The normalized spacial score (nSPS) is 14.9. The van der Waals surface area contributed by atoms with Gasteiger partial charge in [0.1, 0.15) is 18.4 Å². The second-order valence-electron chi connectivity index (χ2n) is 8.89. The van der Waals surface area contributed by atoms with E-state index in [2.05, 4.69) is 43.5 Å². The first-order chi connectivity index (χ1) is 15.0. The highest BCUT2D eigenvalue weighted by Gasteiger charge is 2.29. The molecule has 2 heterocycles. The van der Waals surface area contributed by atoms with E-state index in [1.165, 1.54) is 23.4 Å². The van der Waals surface area contributed by atoms with Crippen molar-refractivity contribution in [3.05, 3.63) is 76.9 Å². The summed E-state index contributed by atoms with van der Waals surface area (Å²) in [7, 11) is 0. The van der Waals surface area contributed by atoms with Crippen molar-refractivity contribution >= 4 is 0 Å². The fraction of sp³-hybridized carbons (Fsp3) is 0.462. The number of aryl methyl sites for hydroxylation is 1. The van der Waals surface area contributed by atoms with Crippen LogP contribution in [0.1, 0.15) is 73.5 Å². The van der Waals surface area contributed by atoms with Crippen molar-refractivity contribution in [2.75, 3.05) is 0 Å². The number of rotatable bonds is 7. The van der Waals surface area contributed by atoms with Gasteiger partial charge >= 0.3 is 5.82 Å². The maximum absolute atomic E-state index is 10.8. The molecule has 1 unspecified atom stereocenters. The van der Waals surface area contributed by atoms with Crippen molar-refractivity contribution in [3.63, 3.8) is 0 Å². The Hall–Kier alpha value is -2.66. The molecule has 0 bridgehead atoms. The summed E-state index contributed by atoms with van der Waals surface area (Å²) in [4.78, 5) is 0. The van der Waals surface area contributed by atoms with E-state index in [0.29, 0.717) is 19.1 Å². The molecule has 0 saturated carbocycles. The van der Waals surface area contributed by atoms with Gasteiger partial charge in [-0.2, -0.15) is 0 Å². The maximum atomic E-state index is 10.8. The second kappa shape index (κ2) is 9.65. The van der Waals surface area contributed by atoms with E-state index in [1.807, 2.05) is 35.0 Å². The van der Waals surface area contributed by atoms with E-state index in [4.69, 9.17) is 9.84 Å². The van der Waals surface area contributed by atoms with Crippen molar-refractivity contribution in [2.24, 2.45) is 0 Å². The average molecular weight is 421 g/mol. The molecular weight excluding hydrogens is 386 g/mol. The van der Waals surface area contributed by atoms with Crippen LogP contribution in [-0.4, -0.2) is 14.9 Å². The van der Waals surface area contributed by atoms with Crippen LogP contribution in [-0.2, 0) is 26.1 Å². The van der Waals surface area contributed by atoms with E-state index in [-0.39, 0.29) is 0 Å². The molecule has 0 aliphatic carbocycles. The molecule has 3 aromatic rings. The highest BCUT2D eigenvalue weighted by molar-refractivity contribution is 5.39. The third kappa shape index (κ3) is 4.99. The molecule has 0 fully saturated rings. The first kappa shape index (κ1) is 21.6. The van der Waals surface area contributed by atoms with E-state index in [1.54, 1.807) is 0 Å². The molecule has 5 heteroatoms. The minimum atomic E-state index is -0.577. The summed E-state index contributed by atoms with van der Waals surface area (Å²) in [6.07, 6.45) is 3.93. The van der Waals surface area contributed by atoms with Crippen molar-refractivity contribution in [1.82, 2.24) is 9.78 Å². The number of benzene rings is 2. The number of ether oxygens (including phenoxy) is 1. The van der Waals surface area contributed by atoms with Gasteiger partial charge in [-0.05, 0) is 54.9 Å². The standard InChI is InChI=1S/C26H34N3O2/c1-19(2)22-14-13-20(3)16-24(22)31-18-25-27-29(26-12-8-5-9-15-28(25)26)17-23(30)21-10-6-4-7-11-21/h4,6-7,10-11,13-14,16,19,23,30H,5,8-9,12,15,17-18H2,1-3H3/q+1. The van der Waals surface area contributed by atoms with Gasteiger partial charge in [0.25, 0.3) is 0 Å². The molecule has 1 atom stereocenters. The van der Waals surface area contributed by atoms with Gasteiger partial charge in [-0.25, -0.2) is 4.57 Å². The summed E-state index contributed by atoms with van der Waals surface area (Å²) in [5.74, 6) is 3.48. The maximum Gasteiger partial charge on any atom is 0.315 e. The zero-order valence-corrected chi connectivity index (χ0v) is 18.9. The first-order valence-electron chi connectivity index (χ1n) is 11.5. The van der Waals surface area contributed by atoms with Crippen LogP contribution in [0.4, 0.5) is 0 Å². The van der Waals surface area contributed by atoms with Gasteiger partial charge in [0.2, 0.25) is 5.82 Å². The summed E-state index contributed by atoms with van der Waals surface area (Å²) in [6, 6.07) is 16.3. The van der Waals surface area contributed by atoms with E-state index >= 15 is 0 Å². The molecule has 0 spiro atoms. The largest absolute Gasteiger partial charge is 0.482 e. The van der Waals surface area contributed by atoms with Gasteiger partial charge in [0.05, 0.1) is 6.54 Å². The van der Waals surface area contributed by atoms with Crippen LogP contribution in [0.3, 0.4) is 0 Å². The molecule has 5 nitrogen and oxygen atoms in total. The Morgan fingerprint density at radius 1 is 1.10 bits per heavy atom. The SMILES string of the molecule is Cc1ccc(C(C)C)c(OCc2nn(CC(O)c3ccccc3)c3[n+]2CCCCC3)c1. The number of aromatic nitrogens is 3. The Labute approximate surface area is 185 Å². The zero-order valence-electron chi connectivity index (χ0n) is 18.9. The Morgan fingerprint density at radius 3 is 2.68 bits per heavy atom. The third-order valence-corrected chi connectivity index (χ3v) is 6.12. The summed E-state index contributed by atoms with van der Waals surface area (Å²) in [6.45, 7) is 8.33. The third-order valence-electron chi connectivity index (χ3n) is 6.12. The van der Waals surface area contributed by atoms with Crippen molar-refractivity contribution in [3.8, 4) is 5.75 Å². The topological polar surface area (TPSA) is 51.2 Å². The highest BCUT2D eigenvalue weighted by Crippen LogP contribution is 2.28. The van der Waals surface area contributed by atoms with Crippen LogP contribution >= 0.6 is 0 Å². The number of nitrogens with zero attached hydrogens (tertiary/aromatic N) is 3. The van der Waals surface area contributed by atoms with E-state index in [9.17, 15) is 5.11 Å². The van der Waals surface area contributed by atoms with Crippen LogP contribution in [0.25, 0.3) is 0 Å². The minimum absolute atomic E-state index is 0.402. The zero-order chi connectivity index (χ0) is 21.8. The Kier molecular flexibility index (Phi) is 6.71. The number of aliphatic hydroxyl groups excluding tert-OH is 1. The van der Waals surface area contributed by atoms with Gasteiger partial charge in [-0.1, -0.05) is 56.3 Å². The Balaban J connectivity index is 1.59. The van der Waals surface area contributed by atoms with Crippen LogP contribution in [0.5, 0.6) is 5.75 Å². The van der Waals surface area contributed by atoms with Gasteiger partial charge in [-0.15, -0.1) is 4.68 Å². The Morgan fingerprint density at radius 2 is 1.90 bits per heavy atom. The minimum Gasteiger partial charge on any atom is -0.482 e. The predicted molar refractivity (Wildman–Crippen MR) is 121 cm³/mol. The summed E-state index contributed by atoms with van der Waals surface area (Å²) in [5, 5.41) is 15.7. The van der Waals surface area contributed by atoms with Crippen molar-refractivity contribution in [2.45, 2.75) is 78.2 Å². The molecule has 0 radical (unpaired) electrons. The predicted octanol–water partition coefficient (Wildman–Crippen LogP) is 4.64. The van der Waals surface area contributed by atoms with Gasteiger partial charge in [0, 0.05) is 11.5 Å². The molecule has 31 heavy (non-hydrogen) atoms. The molecule has 0 saturated heterocycles. The monoisotopic (exact) mass is 420 g/mol. The first-order valence-corrected chi connectivity index (χ1v) is 11.5. The molecule has 1 aliphatic rings. The highest BCUT2D eigenvalue weighted by atomic mass is 16.5. The van der Waals surface area contributed by atoms with E-state index in [0.717, 1.165) is 42.9 Å². The lowest BCUT2D eigenvalue weighted by Gasteiger charge is -2.13. The smallest absolute Gasteiger partial charge is 0.315 e. The number of aliphatic hydroxyl groups is 1. The summed E-state index contributed by atoms with van der Waals surface area (Å²) < 4.78 is 10.6. The molecule has 0 amide bonds. The summed E-state index contributed by atoms with van der Waals surface area (Å²) in [5.41, 5.74) is 3.34. The second-order valence-corrected chi connectivity index (χ2v) is 8.89. The number of fused-ring (bicyclic) bond motifs is 1. The molecule has 164 valence electrons. The fourth-order valence-corrected chi connectivity index (χ4v) is 4.37. The molecule has 2 aromatic carbocycles. The van der Waals surface area contributed by atoms with E-state index < -0.39 is 6.10 Å². The van der Waals surface area contributed by atoms with Crippen LogP contribution < -0.4 is 9.30 Å². The molecule has 1 aromatic heterocycles. The molecule has 4 rings (SSSR count). The lowest BCUT2D eigenvalue weighted by atomic mass is 10.0. The van der Waals surface area contributed by atoms with Crippen molar-refractivity contribution in [1.29, 1.82) is 0 Å². The average Bonchev–Trinajstić information content (AvgIpc) is 2.92. The van der Waals surface area contributed by atoms with Gasteiger partial charge in [-0.3, -0.25) is 0 Å². The number of hydrogen-bond acceptors (Lipinski definition) is 3. The lowest BCUT2D eigenvalue weighted by Crippen LogP contribution is -2.41. The molecule has 1 N–H and O–H groups in total. The van der Waals surface area contributed by atoms with Crippen LogP contribution in [0.15, 0.2) is 48.5 Å². The molecular formula is C26H34N3O2+. The quantitative estimate of drug-likeness (QED) is 0.567. The number of hydrogen-bond donors (Lipinski definition) is 1. The van der Waals surface area contributed by atoms with Crippen LogP contribution in [0, 0.1) is 6.92 Å². The van der Waals surface area contributed by atoms with Gasteiger partial charge in [0.15, 0.2) is 6.61 Å². The Bertz CT molecular complexity index is 1010. The summed E-state index contributed by atoms with van der Waals surface area (Å²) >= 11 is 0. The van der Waals surface area contributed by atoms with Crippen LogP contribution in [0.2, 0.25) is 0 Å². The lowest BCUT2D eigenvalue weighted by molar-refractivity contribution is -0.712.